The van der Waals surface area contributed by atoms with Gasteiger partial charge in [0.05, 0.1) is 22.0 Å². The Labute approximate surface area is 201 Å². The third-order valence-electron chi connectivity index (χ3n) is 4.32. The van der Waals surface area contributed by atoms with Gasteiger partial charge in [0.25, 0.3) is 5.69 Å². The molecule has 2 aromatic rings. The van der Waals surface area contributed by atoms with Crippen LogP contribution in [0.15, 0.2) is 59.5 Å². The number of carbonyl (C=O) groups excluding carboxylic acids is 1. The fraction of sp³-hybridized carbons (Fsp3) is 0.381. The number of hydrogen-bond acceptors (Lipinski definition) is 6. The summed E-state index contributed by atoms with van der Waals surface area (Å²) in [6.07, 6.45) is -2.22. The first-order valence-corrected chi connectivity index (χ1v) is 10.6. The summed E-state index contributed by atoms with van der Waals surface area (Å²) in [7, 11) is -0.124. The lowest BCUT2D eigenvalue weighted by Crippen LogP contribution is -2.50. The molecule has 0 bridgehead atoms. The molecule has 0 spiro atoms. The highest BCUT2D eigenvalue weighted by Crippen LogP contribution is 2.21. The van der Waals surface area contributed by atoms with E-state index in [0.29, 0.717) is 17.7 Å². The lowest BCUT2D eigenvalue weighted by Gasteiger charge is -2.30. The van der Waals surface area contributed by atoms with Crippen molar-refractivity contribution in [1.29, 1.82) is 0 Å². The summed E-state index contributed by atoms with van der Waals surface area (Å²) in [5.41, 5.74) is -0.0372. The number of nitro groups is 1. The number of hydrogen-bond donors (Lipinski definition) is 2. The molecule has 0 unspecified atom stereocenters. The maximum absolute atomic E-state index is 13.7. The number of carbonyl (C=O) groups is 1. The lowest BCUT2D eigenvalue weighted by atomic mass is 9.99. The first-order valence-electron chi connectivity index (χ1n) is 13.6. The molecule has 2 atom stereocenters. The third-order valence-corrected chi connectivity index (χ3v) is 6.00. The van der Waals surface area contributed by atoms with E-state index in [-0.39, 0.29) is 10.7 Å². The van der Waals surface area contributed by atoms with Crippen LogP contribution >= 0.6 is 0 Å². The van der Waals surface area contributed by atoms with Gasteiger partial charge in [-0.25, -0.2) is 8.42 Å². The highest BCUT2D eigenvalue weighted by atomic mass is 32.2. The SMILES string of the molecule is [2H]C([2H])([2H])C([2H])(C([2H])([2H])[2H])C([2H])([2H])N(C[C@@H](O)[C@H](Cc1ccccc1)NC([B])=O)S(=O)(=O)c1ccc([N+](=O)[O-])cc1. The normalized spacial score (nSPS) is 19.4. The summed E-state index contributed by atoms with van der Waals surface area (Å²) in [4.78, 5) is 21.0. The molecule has 2 radical (unpaired) electrons. The Kier molecular flexibility index (Phi) is 5.31. The Hall–Kier alpha value is -2.76. The number of sulfonamides is 1. The molecule has 0 aromatic heterocycles. The summed E-state index contributed by atoms with van der Waals surface area (Å²) in [5.74, 6) is -5.26. The van der Waals surface area contributed by atoms with Crippen molar-refractivity contribution in [3.63, 3.8) is 0 Å². The van der Waals surface area contributed by atoms with Gasteiger partial charge in [0, 0.05) is 37.5 Å². The van der Waals surface area contributed by atoms with Crippen LogP contribution in [0.2, 0.25) is 0 Å². The number of rotatable bonds is 11. The standard InChI is InChI=1S/C21H26BN3O6S/c1-15(2)13-24(32(30,31)18-10-8-17(9-11-18)25(28)29)14-20(26)19(23-21(22)27)12-16-6-4-3-5-7-16/h3-11,15,19-20,26H,12-14H2,1-2H3,(H,23,27)/t19-,20+/m0/s1/i1D3,2D3,13D2,15D. The maximum Gasteiger partial charge on any atom is 0.269 e. The number of nitro benzene ring substituents is 1. The number of aliphatic hydroxyl groups excluding tert-OH is 1. The molecule has 2 aromatic carbocycles. The van der Waals surface area contributed by atoms with E-state index in [1.807, 2.05) is 0 Å². The predicted molar refractivity (Wildman–Crippen MR) is 121 cm³/mol. The van der Waals surface area contributed by atoms with Crippen molar-refractivity contribution in [1.82, 2.24) is 9.62 Å². The topological polar surface area (TPSA) is 130 Å². The Morgan fingerprint density at radius 3 is 2.44 bits per heavy atom. The molecular weight excluding hydrogens is 433 g/mol. The minimum Gasteiger partial charge on any atom is -0.390 e. The van der Waals surface area contributed by atoms with Crippen molar-refractivity contribution < 1.29 is 35.6 Å². The molecule has 11 heteroatoms. The molecule has 170 valence electrons. The molecule has 0 saturated heterocycles. The van der Waals surface area contributed by atoms with Gasteiger partial charge in [0.15, 0.2) is 5.81 Å². The Balaban J connectivity index is 2.75. The van der Waals surface area contributed by atoms with E-state index in [9.17, 15) is 28.4 Å². The van der Waals surface area contributed by atoms with Crippen LogP contribution in [0.25, 0.3) is 0 Å². The van der Waals surface area contributed by atoms with Crippen molar-refractivity contribution in [2.45, 2.75) is 37.2 Å². The minimum atomic E-state index is -5.32. The number of aliphatic hydroxyl groups is 1. The zero-order valence-electron chi connectivity index (χ0n) is 25.6. The minimum absolute atomic E-state index is 0.177. The molecule has 32 heavy (non-hydrogen) atoms. The molecule has 2 N–H and O–H groups in total. The maximum atomic E-state index is 13.7. The zero-order chi connectivity index (χ0) is 31.6. The van der Waals surface area contributed by atoms with Gasteiger partial charge >= 0.3 is 0 Å². The van der Waals surface area contributed by atoms with E-state index in [2.05, 4.69) is 5.32 Å². The summed E-state index contributed by atoms with van der Waals surface area (Å²) in [6.45, 7) is -13.3. The van der Waals surface area contributed by atoms with Gasteiger partial charge in [-0.05, 0) is 30.0 Å². The number of amides is 1. The second kappa shape index (κ2) is 11.2. The van der Waals surface area contributed by atoms with Gasteiger partial charge in [-0.15, -0.1) is 0 Å². The van der Waals surface area contributed by atoms with Crippen LogP contribution in [0.5, 0.6) is 0 Å². The Bertz CT molecular complexity index is 1330. The summed E-state index contributed by atoms with van der Waals surface area (Å²) in [6, 6.07) is 9.59. The number of non-ortho nitro benzene ring substituents is 1. The van der Waals surface area contributed by atoms with Crippen LogP contribution in [0.3, 0.4) is 0 Å². The highest BCUT2D eigenvalue weighted by Gasteiger charge is 2.31. The summed E-state index contributed by atoms with van der Waals surface area (Å²) < 4.78 is 98.8. The molecule has 9 nitrogen and oxygen atoms in total. The largest absolute Gasteiger partial charge is 0.390 e. The van der Waals surface area contributed by atoms with Crippen LogP contribution in [0.4, 0.5) is 10.5 Å². The van der Waals surface area contributed by atoms with E-state index in [4.69, 9.17) is 20.2 Å². The summed E-state index contributed by atoms with van der Waals surface area (Å²) in [5, 5.41) is 24.3. The first-order chi connectivity index (χ1) is 18.6. The second-order valence-electron chi connectivity index (χ2n) is 6.65. The molecule has 0 fully saturated rings. The molecular formula is C21H26BN3O6S. The Morgan fingerprint density at radius 2 is 1.91 bits per heavy atom. The fourth-order valence-corrected chi connectivity index (χ4v) is 4.12. The van der Waals surface area contributed by atoms with Gasteiger partial charge < -0.3 is 10.4 Å². The lowest BCUT2D eigenvalue weighted by molar-refractivity contribution is -0.384. The van der Waals surface area contributed by atoms with Crippen LogP contribution in [0, 0.1) is 16.0 Å². The fourth-order valence-electron chi connectivity index (χ4n) is 2.83. The highest BCUT2D eigenvalue weighted by molar-refractivity contribution is 7.89. The van der Waals surface area contributed by atoms with E-state index in [1.165, 1.54) is 0 Å². The van der Waals surface area contributed by atoms with Crippen LogP contribution < -0.4 is 5.32 Å². The molecule has 0 aliphatic heterocycles. The quantitative estimate of drug-likeness (QED) is 0.295. The van der Waals surface area contributed by atoms with Gasteiger partial charge in [-0.3, -0.25) is 14.9 Å². The first kappa shape index (κ1) is 15.1. The van der Waals surface area contributed by atoms with Crippen molar-refractivity contribution in [3.05, 3.63) is 70.3 Å². The van der Waals surface area contributed by atoms with Crippen molar-refractivity contribution >= 4 is 29.4 Å². The molecule has 1 amide bonds. The van der Waals surface area contributed by atoms with Crippen LogP contribution in [0.1, 0.15) is 31.6 Å². The van der Waals surface area contributed by atoms with E-state index >= 15 is 0 Å². The van der Waals surface area contributed by atoms with Gasteiger partial charge in [-0.2, -0.15) is 4.31 Å². The molecule has 0 heterocycles. The predicted octanol–water partition coefficient (Wildman–Crippen LogP) is 2.09. The summed E-state index contributed by atoms with van der Waals surface area (Å²) >= 11 is 0. The van der Waals surface area contributed by atoms with E-state index < -0.39 is 76.1 Å². The van der Waals surface area contributed by atoms with Crippen LogP contribution in [-0.2, 0) is 16.4 Å². The van der Waals surface area contributed by atoms with Gasteiger partial charge in [0.1, 0.15) is 0 Å². The van der Waals surface area contributed by atoms with Crippen molar-refractivity contribution in [2.24, 2.45) is 5.89 Å². The molecule has 0 aliphatic rings. The average Bonchev–Trinajstić information content (AvgIpc) is 2.84. The van der Waals surface area contributed by atoms with E-state index in [0.717, 1.165) is 12.1 Å². The molecule has 2 rings (SSSR count). The van der Waals surface area contributed by atoms with Gasteiger partial charge in [0.2, 0.25) is 17.9 Å². The van der Waals surface area contributed by atoms with Crippen LogP contribution in [-0.4, -0.2) is 61.6 Å². The van der Waals surface area contributed by atoms with Crippen molar-refractivity contribution in [3.8, 4) is 0 Å². The third kappa shape index (κ3) is 7.15. The number of nitrogens with zero attached hydrogens (tertiary/aromatic N) is 2. The zero-order valence-corrected chi connectivity index (χ0v) is 17.5. The number of benzene rings is 2. The smallest absolute Gasteiger partial charge is 0.269 e. The van der Waals surface area contributed by atoms with Gasteiger partial charge in [-0.1, -0.05) is 44.0 Å². The molecule has 0 aliphatic carbocycles. The van der Waals surface area contributed by atoms with E-state index in [1.54, 1.807) is 30.3 Å². The monoisotopic (exact) mass is 468 g/mol. The second-order valence-corrected chi connectivity index (χ2v) is 8.51. The molecule has 0 saturated carbocycles. The van der Waals surface area contributed by atoms with Crippen molar-refractivity contribution in [2.75, 3.05) is 13.0 Å². The average molecular weight is 468 g/mol. The Morgan fingerprint density at radius 1 is 1.28 bits per heavy atom. The number of nitrogens with one attached hydrogen (secondary N) is 1.